The molecule has 0 aliphatic carbocycles. The first-order valence-electron chi connectivity index (χ1n) is 7.85. The molecule has 1 aliphatic rings. The summed E-state index contributed by atoms with van der Waals surface area (Å²) in [5, 5.41) is 0.601. The van der Waals surface area contributed by atoms with Gasteiger partial charge in [0, 0.05) is 17.5 Å². The van der Waals surface area contributed by atoms with E-state index in [4.69, 9.17) is 25.8 Å². The van der Waals surface area contributed by atoms with Crippen LogP contribution in [0.5, 0.6) is 11.5 Å². The standard InChI is InChI=1S/C20H14BrClO5/c1-11(23)26-19-16(21)8-12(9-18(19)25-2)7-14-10-17(27-20(14)24)13-3-5-15(22)6-4-13/h3-10H,1-2H3/b14-7+. The van der Waals surface area contributed by atoms with Crippen LogP contribution in [0.1, 0.15) is 18.1 Å². The number of cyclic esters (lactones) is 1. The summed E-state index contributed by atoms with van der Waals surface area (Å²) in [6.45, 7) is 1.30. The van der Waals surface area contributed by atoms with Crippen molar-refractivity contribution in [2.75, 3.05) is 7.11 Å². The number of rotatable bonds is 4. The Hall–Kier alpha value is -2.57. The summed E-state index contributed by atoms with van der Waals surface area (Å²) in [6, 6.07) is 10.4. The van der Waals surface area contributed by atoms with Crippen LogP contribution in [0.15, 0.2) is 52.5 Å². The first-order valence-corrected chi connectivity index (χ1v) is 9.02. The van der Waals surface area contributed by atoms with Crippen LogP contribution in [0.2, 0.25) is 5.02 Å². The van der Waals surface area contributed by atoms with E-state index >= 15 is 0 Å². The summed E-state index contributed by atoms with van der Waals surface area (Å²) in [7, 11) is 1.47. The molecule has 0 amide bonds. The molecule has 0 atom stereocenters. The largest absolute Gasteiger partial charge is 0.493 e. The smallest absolute Gasteiger partial charge is 0.343 e. The third-order valence-corrected chi connectivity index (χ3v) is 4.51. The number of methoxy groups -OCH3 is 1. The van der Waals surface area contributed by atoms with E-state index in [1.807, 2.05) is 0 Å². The van der Waals surface area contributed by atoms with Crippen LogP contribution >= 0.6 is 27.5 Å². The lowest BCUT2D eigenvalue weighted by Crippen LogP contribution is -2.04. The van der Waals surface area contributed by atoms with E-state index < -0.39 is 11.9 Å². The zero-order valence-electron chi connectivity index (χ0n) is 14.4. The fourth-order valence-electron chi connectivity index (χ4n) is 2.49. The lowest BCUT2D eigenvalue weighted by atomic mass is 10.1. The third kappa shape index (κ3) is 4.40. The topological polar surface area (TPSA) is 61.8 Å². The van der Waals surface area contributed by atoms with Gasteiger partial charge in [-0.25, -0.2) is 4.79 Å². The van der Waals surface area contributed by atoms with Crippen LogP contribution in [0, 0.1) is 0 Å². The van der Waals surface area contributed by atoms with Crippen LogP contribution in [-0.2, 0) is 14.3 Å². The molecule has 1 aliphatic heterocycles. The van der Waals surface area contributed by atoms with Gasteiger partial charge >= 0.3 is 11.9 Å². The molecule has 0 radical (unpaired) electrons. The van der Waals surface area contributed by atoms with Crippen molar-refractivity contribution >= 4 is 51.3 Å². The minimum absolute atomic E-state index is 0.276. The van der Waals surface area contributed by atoms with Crippen molar-refractivity contribution in [2.24, 2.45) is 0 Å². The Labute approximate surface area is 169 Å². The van der Waals surface area contributed by atoms with Gasteiger partial charge in [0.15, 0.2) is 11.5 Å². The highest BCUT2D eigenvalue weighted by Crippen LogP contribution is 2.38. The van der Waals surface area contributed by atoms with Gasteiger partial charge in [-0.3, -0.25) is 4.79 Å². The highest BCUT2D eigenvalue weighted by Gasteiger charge is 2.22. The summed E-state index contributed by atoms with van der Waals surface area (Å²) in [4.78, 5) is 23.4. The fraction of sp³-hybridized carbons (Fsp3) is 0.100. The number of halogens is 2. The van der Waals surface area contributed by atoms with Crippen molar-refractivity contribution in [2.45, 2.75) is 6.92 Å². The van der Waals surface area contributed by atoms with Crippen molar-refractivity contribution in [3.8, 4) is 11.5 Å². The van der Waals surface area contributed by atoms with Gasteiger partial charge in [-0.2, -0.15) is 0 Å². The SMILES string of the molecule is COc1cc(/C=C2\C=C(c3ccc(Cl)cc3)OC2=O)cc(Br)c1OC(C)=O. The zero-order valence-corrected chi connectivity index (χ0v) is 16.8. The number of carbonyl (C=O) groups is 2. The van der Waals surface area contributed by atoms with Crippen molar-refractivity contribution < 1.29 is 23.8 Å². The number of hydrogen-bond acceptors (Lipinski definition) is 5. The van der Waals surface area contributed by atoms with Gasteiger partial charge in [0.05, 0.1) is 17.2 Å². The van der Waals surface area contributed by atoms with Crippen LogP contribution in [0.3, 0.4) is 0 Å². The van der Waals surface area contributed by atoms with Crippen LogP contribution < -0.4 is 9.47 Å². The minimum Gasteiger partial charge on any atom is -0.493 e. The average molecular weight is 450 g/mol. The summed E-state index contributed by atoms with van der Waals surface area (Å²) in [5.74, 6) is 0.165. The fourth-order valence-corrected chi connectivity index (χ4v) is 3.16. The molecule has 0 spiro atoms. The molecule has 7 heteroatoms. The molecule has 5 nitrogen and oxygen atoms in total. The predicted octanol–water partition coefficient (Wildman–Crippen LogP) is 5.02. The Morgan fingerprint density at radius 3 is 2.56 bits per heavy atom. The highest BCUT2D eigenvalue weighted by molar-refractivity contribution is 9.10. The number of hydrogen-bond donors (Lipinski definition) is 0. The van der Waals surface area contributed by atoms with E-state index in [9.17, 15) is 9.59 Å². The molecule has 0 bridgehead atoms. The molecule has 0 unspecified atom stereocenters. The Morgan fingerprint density at radius 1 is 1.22 bits per heavy atom. The molecule has 0 saturated heterocycles. The molecule has 0 fully saturated rings. The van der Waals surface area contributed by atoms with Gasteiger partial charge in [0.1, 0.15) is 5.76 Å². The molecule has 3 rings (SSSR count). The maximum Gasteiger partial charge on any atom is 0.343 e. The Balaban J connectivity index is 1.96. The van der Waals surface area contributed by atoms with Crippen molar-refractivity contribution in [3.05, 3.63) is 68.7 Å². The molecule has 27 heavy (non-hydrogen) atoms. The van der Waals surface area contributed by atoms with Crippen LogP contribution in [-0.4, -0.2) is 19.0 Å². The number of benzene rings is 2. The molecular weight excluding hydrogens is 436 g/mol. The molecular formula is C20H14BrClO5. The average Bonchev–Trinajstić information content (AvgIpc) is 2.98. The number of ether oxygens (including phenoxy) is 3. The second kappa shape index (κ2) is 7.98. The van der Waals surface area contributed by atoms with Gasteiger partial charge < -0.3 is 14.2 Å². The minimum atomic E-state index is -0.463. The number of esters is 2. The first-order chi connectivity index (χ1) is 12.9. The molecule has 2 aromatic carbocycles. The van der Waals surface area contributed by atoms with E-state index in [1.54, 1.807) is 48.6 Å². The Bertz CT molecular complexity index is 977. The summed E-state index contributed by atoms with van der Waals surface area (Å²) >= 11 is 9.24. The second-order valence-electron chi connectivity index (χ2n) is 5.63. The third-order valence-electron chi connectivity index (χ3n) is 3.67. The Kier molecular flexibility index (Phi) is 5.68. The van der Waals surface area contributed by atoms with E-state index in [0.29, 0.717) is 32.1 Å². The lowest BCUT2D eigenvalue weighted by molar-refractivity contribution is -0.132. The van der Waals surface area contributed by atoms with E-state index in [1.165, 1.54) is 14.0 Å². The monoisotopic (exact) mass is 448 g/mol. The maximum absolute atomic E-state index is 12.2. The lowest BCUT2D eigenvalue weighted by Gasteiger charge is -2.11. The summed E-state index contributed by atoms with van der Waals surface area (Å²) < 4.78 is 16.3. The van der Waals surface area contributed by atoms with Crippen molar-refractivity contribution in [1.29, 1.82) is 0 Å². The predicted molar refractivity (Wildman–Crippen MR) is 106 cm³/mol. The molecule has 1 heterocycles. The van der Waals surface area contributed by atoms with Crippen LogP contribution in [0.25, 0.3) is 11.8 Å². The Morgan fingerprint density at radius 2 is 1.93 bits per heavy atom. The molecule has 0 saturated carbocycles. The van der Waals surface area contributed by atoms with Crippen LogP contribution in [0.4, 0.5) is 0 Å². The van der Waals surface area contributed by atoms with E-state index in [-0.39, 0.29) is 5.75 Å². The summed E-state index contributed by atoms with van der Waals surface area (Å²) in [5.41, 5.74) is 1.81. The quantitative estimate of drug-likeness (QED) is 0.373. The maximum atomic E-state index is 12.2. The highest BCUT2D eigenvalue weighted by atomic mass is 79.9. The van der Waals surface area contributed by atoms with E-state index in [2.05, 4.69) is 15.9 Å². The van der Waals surface area contributed by atoms with E-state index in [0.717, 1.165) is 5.56 Å². The molecule has 138 valence electrons. The second-order valence-corrected chi connectivity index (χ2v) is 6.92. The first kappa shape index (κ1) is 19.2. The molecule has 0 N–H and O–H groups in total. The van der Waals surface area contributed by atoms with Gasteiger partial charge in [0.2, 0.25) is 0 Å². The van der Waals surface area contributed by atoms with Crippen molar-refractivity contribution in [3.63, 3.8) is 0 Å². The van der Waals surface area contributed by atoms with Gasteiger partial charge in [-0.1, -0.05) is 11.6 Å². The van der Waals surface area contributed by atoms with Gasteiger partial charge in [-0.05, 0) is 70.0 Å². The van der Waals surface area contributed by atoms with Gasteiger partial charge in [-0.15, -0.1) is 0 Å². The normalized spacial score (nSPS) is 14.7. The van der Waals surface area contributed by atoms with Gasteiger partial charge in [0.25, 0.3) is 0 Å². The number of carbonyl (C=O) groups excluding carboxylic acids is 2. The zero-order chi connectivity index (χ0) is 19.6. The molecule has 2 aromatic rings. The summed E-state index contributed by atoms with van der Waals surface area (Å²) in [6.07, 6.45) is 3.32. The van der Waals surface area contributed by atoms with Crippen molar-refractivity contribution in [1.82, 2.24) is 0 Å². The molecule has 0 aromatic heterocycles.